The van der Waals surface area contributed by atoms with E-state index in [2.05, 4.69) is 20.3 Å². The Labute approximate surface area is 169 Å². The van der Waals surface area contributed by atoms with Gasteiger partial charge < -0.3 is 16.8 Å². The first-order valence-corrected chi connectivity index (χ1v) is 9.49. The molecule has 28 heavy (non-hydrogen) atoms. The maximum absolute atomic E-state index is 5.93. The van der Waals surface area contributed by atoms with Gasteiger partial charge in [0.2, 0.25) is 0 Å². The second-order valence-electron chi connectivity index (χ2n) is 6.27. The Hall–Kier alpha value is -3.12. The number of halogens is 1. The lowest BCUT2D eigenvalue weighted by atomic mass is 10.2. The van der Waals surface area contributed by atoms with Crippen LogP contribution in [-0.2, 0) is 0 Å². The van der Waals surface area contributed by atoms with Crippen molar-refractivity contribution in [3.63, 3.8) is 0 Å². The molecule has 1 heterocycles. The van der Waals surface area contributed by atoms with Crippen LogP contribution < -0.4 is 16.8 Å². The van der Waals surface area contributed by atoms with Crippen LogP contribution in [-0.4, -0.2) is 29.0 Å². The number of aliphatic imine (C=N–C) groups is 1. The topological polar surface area (TPSA) is 102 Å². The first kappa shape index (κ1) is 19.6. The summed E-state index contributed by atoms with van der Waals surface area (Å²) in [4.78, 5) is 13.3. The summed E-state index contributed by atoms with van der Waals surface area (Å²) in [5.41, 5.74) is 12.6. The van der Waals surface area contributed by atoms with Crippen LogP contribution in [0.25, 0.3) is 23.1 Å². The van der Waals surface area contributed by atoms with Crippen LogP contribution in [0.3, 0.4) is 0 Å². The van der Waals surface area contributed by atoms with E-state index in [0.717, 1.165) is 41.7 Å². The number of fused-ring (bicyclic) bond motifs is 1. The molecule has 0 saturated carbocycles. The Bertz CT molecular complexity index is 978. The van der Waals surface area contributed by atoms with Crippen molar-refractivity contribution in [1.29, 1.82) is 0 Å². The van der Waals surface area contributed by atoms with Crippen LogP contribution in [0.2, 0.25) is 5.02 Å². The van der Waals surface area contributed by atoms with E-state index in [1.54, 1.807) is 0 Å². The molecule has 0 atom stereocenters. The van der Waals surface area contributed by atoms with Crippen molar-refractivity contribution in [3.8, 4) is 0 Å². The zero-order valence-corrected chi connectivity index (χ0v) is 16.2. The van der Waals surface area contributed by atoms with Crippen molar-refractivity contribution in [1.82, 2.24) is 9.97 Å². The molecule has 0 radical (unpaired) electrons. The SMILES string of the molecule is NC(N)=NCCCCNc1nc(C=Cc2ccc(Cl)cc2)nc2ccccc12. The van der Waals surface area contributed by atoms with Crippen molar-refractivity contribution in [2.75, 3.05) is 18.4 Å². The fourth-order valence-corrected chi connectivity index (χ4v) is 2.83. The summed E-state index contributed by atoms with van der Waals surface area (Å²) in [6.45, 7) is 1.41. The van der Waals surface area contributed by atoms with Gasteiger partial charge in [-0.25, -0.2) is 9.97 Å². The van der Waals surface area contributed by atoms with Crippen LogP contribution in [0.15, 0.2) is 53.5 Å². The molecule has 144 valence electrons. The average Bonchev–Trinajstić information content (AvgIpc) is 2.70. The summed E-state index contributed by atoms with van der Waals surface area (Å²) in [6, 6.07) is 15.6. The Morgan fingerprint density at radius 1 is 1.00 bits per heavy atom. The highest BCUT2D eigenvalue weighted by atomic mass is 35.5. The van der Waals surface area contributed by atoms with E-state index in [9.17, 15) is 0 Å². The minimum absolute atomic E-state index is 0.131. The second-order valence-corrected chi connectivity index (χ2v) is 6.71. The van der Waals surface area contributed by atoms with Crippen molar-refractivity contribution in [2.24, 2.45) is 16.5 Å². The van der Waals surface area contributed by atoms with Gasteiger partial charge in [0.05, 0.1) is 5.52 Å². The van der Waals surface area contributed by atoms with Crippen molar-refractivity contribution >= 4 is 46.4 Å². The number of nitrogens with zero attached hydrogens (tertiary/aromatic N) is 3. The smallest absolute Gasteiger partial charge is 0.185 e. The molecule has 0 spiro atoms. The number of rotatable bonds is 8. The molecule has 2 aromatic carbocycles. The average molecular weight is 395 g/mol. The van der Waals surface area contributed by atoms with Crippen molar-refractivity contribution in [2.45, 2.75) is 12.8 Å². The lowest BCUT2D eigenvalue weighted by Gasteiger charge is -2.09. The molecule has 0 amide bonds. The summed E-state index contributed by atoms with van der Waals surface area (Å²) in [5, 5.41) is 5.12. The first-order valence-electron chi connectivity index (χ1n) is 9.11. The fourth-order valence-electron chi connectivity index (χ4n) is 2.70. The van der Waals surface area contributed by atoms with E-state index in [1.165, 1.54) is 0 Å². The van der Waals surface area contributed by atoms with Gasteiger partial charge in [-0.2, -0.15) is 0 Å². The minimum Gasteiger partial charge on any atom is -0.370 e. The Morgan fingerprint density at radius 2 is 1.79 bits per heavy atom. The number of nitrogens with two attached hydrogens (primary N) is 2. The summed E-state index contributed by atoms with van der Waals surface area (Å²) in [6.07, 6.45) is 5.71. The van der Waals surface area contributed by atoms with E-state index >= 15 is 0 Å². The standard InChI is InChI=1S/C21H23ClN6/c22-16-10-7-15(8-11-16)9-12-19-27-18-6-2-1-5-17(18)20(28-19)25-13-3-4-14-26-21(23)24/h1-2,5-12H,3-4,13-14H2,(H4,23,24,26)(H,25,27,28). The third kappa shape index (κ3) is 5.69. The second kappa shape index (κ2) is 9.71. The largest absolute Gasteiger partial charge is 0.370 e. The van der Waals surface area contributed by atoms with Crippen LogP contribution in [0.5, 0.6) is 0 Å². The number of nitrogens with one attached hydrogen (secondary N) is 1. The maximum atomic E-state index is 5.93. The van der Waals surface area contributed by atoms with Gasteiger partial charge in [0, 0.05) is 23.5 Å². The fraction of sp³-hybridized carbons (Fsp3) is 0.190. The van der Waals surface area contributed by atoms with Crippen molar-refractivity contribution in [3.05, 3.63) is 64.9 Å². The van der Waals surface area contributed by atoms with Crippen LogP contribution in [0.4, 0.5) is 5.82 Å². The van der Waals surface area contributed by atoms with Gasteiger partial charge >= 0.3 is 0 Å². The van der Waals surface area contributed by atoms with Gasteiger partial charge in [0.1, 0.15) is 5.82 Å². The van der Waals surface area contributed by atoms with E-state index in [4.69, 9.17) is 23.1 Å². The molecule has 3 aromatic rings. The van der Waals surface area contributed by atoms with Gasteiger partial charge in [-0.05, 0) is 48.7 Å². The van der Waals surface area contributed by atoms with E-state index in [-0.39, 0.29) is 5.96 Å². The molecule has 0 bridgehead atoms. The summed E-state index contributed by atoms with van der Waals surface area (Å²) < 4.78 is 0. The summed E-state index contributed by atoms with van der Waals surface area (Å²) >= 11 is 5.93. The molecule has 0 aliphatic carbocycles. The van der Waals surface area contributed by atoms with Crippen molar-refractivity contribution < 1.29 is 0 Å². The number of aromatic nitrogens is 2. The Balaban J connectivity index is 1.73. The first-order chi connectivity index (χ1) is 13.6. The maximum Gasteiger partial charge on any atom is 0.185 e. The van der Waals surface area contributed by atoms with Crippen LogP contribution >= 0.6 is 11.6 Å². The molecule has 1 aromatic heterocycles. The third-order valence-electron chi connectivity index (χ3n) is 4.09. The number of guanidine groups is 1. The molecule has 3 rings (SSSR count). The van der Waals surface area contributed by atoms with Gasteiger partial charge in [-0.1, -0.05) is 41.9 Å². The van der Waals surface area contributed by atoms with E-state index in [0.29, 0.717) is 17.4 Å². The molecule has 0 aliphatic rings. The molecular weight excluding hydrogens is 372 g/mol. The normalized spacial score (nSPS) is 11.0. The Kier molecular flexibility index (Phi) is 6.81. The molecule has 0 saturated heterocycles. The van der Waals surface area contributed by atoms with E-state index in [1.807, 2.05) is 60.7 Å². The molecule has 0 unspecified atom stereocenters. The quantitative estimate of drug-likeness (QED) is 0.305. The molecule has 5 N–H and O–H groups in total. The lowest BCUT2D eigenvalue weighted by molar-refractivity contribution is 0.772. The molecule has 0 fully saturated rings. The highest BCUT2D eigenvalue weighted by Crippen LogP contribution is 2.21. The van der Waals surface area contributed by atoms with Gasteiger partial charge in [0.25, 0.3) is 0 Å². The van der Waals surface area contributed by atoms with Gasteiger partial charge in [0.15, 0.2) is 11.8 Å². The molecule has 6 nitrogen and oxygen atoms in total. The van der Waals surface area contributed by atoms with Crippen LogP contribution in [0, 0.1) is 0 Å². The third-order valence-corrected chi connectivity index (χ3v) is 4.34. The monoisotopic (exact) mass is 394 g/mol. The number of anilines is 1. The molecular formula is C21H23ClN6. The number of para-hydroxylation sites is 1. The lowest BCUT2D eigenvalue weighted by Crippen LogP contribution is -2.23. The minimum atomic E-state index is 0.131. The molecule has 7 heteroatoms. The Morgan fingerprint density at radius 3 is 2.57 bits per heavy atom. The summed E-state index contributed by atoms with van der Waals surface area (Å²) in [7, 11) is 0. The highest BCUT2D eigenvalue weighted by molar-refractivity contribution is 6.30. The van der Waals surface area contributed by atoms with Crippen LogP contribution in [0.1, 0.15) is 24.2 Å². The molecule has 0 aliphatic heterocycles. The zero-order chi connectivity index (χ0) is 19.8. The summed E-state index contributed by atoms with van der Waals surface area (Å²) in [5.74, 6) is 1.60. The zero-order valence-electron chi connectivity index (χ0n) is 15.5. The number of hydrogen-bond acceptors (Lipinski definition) is 4. The van der Waals surface area contributed by atoms with Gasteiger partial charge in [-0.3, -0.25) is 4.99 Å². The van der Waals surface area contributed by atoms with Gasteiger partial charge in [-0.15, -0.1) is 0 Å². The predicted octanol–water partition coefficient (Wildman–Crippen LogP) is 3.92. The number of unbranched alkanes of at least 4 members (excludes halogenated alkanes) is 1. The predicted molar refractivity (Wildman–Crippen MR) is 118 cm³/mol. The number of hydrogen-bond donors (Lipinski definition) is 3. The van der Waals surface area contributed by atoms with E-state index < -0.39 is 0 Å². The highest BCUT2D eigenvalue weighted by Gasteiger charge is 2.05. The number of benzene rings is 2.